The lowest BCUT2D eigenvalue weighted by atomic mass is 10.1. The number of para-hydroxylation sites is 1. The maximum Gasteiger partial charge on any atom is 0.137 e. The monoisotopic (exact) mass is 300 g/mol. The van der Waals surface area contributed by atoms with E-state index in [9.17, 15) is 0 Å². The first kappa shape index (κ1) is 13.6. The van der Waals surface area contributed by atoms with Gasteiger partial charge in [-0.2, -0.15) is 0 Å². The van der Waals surface area contributed by atoms with E-state index >= 15 is 0 Å². The van der Waals surface area contributed by atoms with Gasteiger partial charge in [0.2, 0.25) is 0 Å². The molecule has 0 radical (unpaired) electrons. The molecule has 0 N–H and O–H groups in total. The Balaban J connectivity index is 1.89. The fourth-order valence-corrected chi connectivity index (χ4v) is 2.87. The van der Waals surface area contributed by atoms with Crippen molar-refractivity contribution in [1.82, 2.24) is 9.55 Å². The van der Waals surface area contributed by atoms with E-state index < -0.39 is 0 Å². The first-order valence-electron chi connectivity index (χ1n) is 7.52. The molecule has 4 aromatic rings. The summed E-state index contributed by atoms with van der Waals surface area (Å²) in [5.41, 5.74) is 3.26. The second kappa shape index (κ2) is 5.61. The molecule has 0 saturated heterocycles. The van der Waals surface area contributed by atoms with Crippen molar-refractivity contribution in [1.29, 1.82) is 0 Å². The summed E-state index contributed by atoms with van der Waals surface area (Å²) in [4.78, 5) is 4.78. The van der Waals surface area contributed by atoms with Gasteiger partial charge in [0.25, 0.3) is 0 Å². The van der Waals surface area contributed by atoms with E-state index in [2.05, 4.69) is 53.2 Å². The van der Waals surface area contributed by atoms with Gasteiger partial charge < -0.3 is 9.30 Å². The largest absolute Gasteiger partial charge is 0.504 e. The lowest BCUT2D eigenvalue weighted by Crippen LogP contribution is -1.95. The van der Waals surface area contributed by atoms with Gasteiger partial charge in [-0.1, -0.05) is 30.3 Å². The number of hydrogen-bond donors (Lipinski definition) is 0. The van der Waals surface area contributed by atoms with Gasteiger partial charge in [0, 0.05) is 17.0 Å². The summed E-state index contributed by atoms with van der Waals surface area (Å²) in [6.07, 6.45) is 5.73. The van der Waals surface area contributed by atoms with Crippen LogP contribution in [0.15, 0.2) is 73.1 Å². The number of fused-ring (bicyclic) bond motifs is 2. The highest BCUT2D eigenvalue weighted by atomic mass is 16.5. The standard InChI is InChI=1S/C20H16N2O/c1-23-14-12-15-6-4-8-19-17(15)11-13-22(19)20-10-9-16-5-2-3-7-18(16)21-20/h2-14H,1H3/b14-12+. The fraction of sp³-hybridized carbons (Fsp3) is 0.0500. The zero-order valence-corrected chi connectivity index (χ0v) is 12.8. The van der Waals surface area contributed by atoms with E-state index in [1.54, 1.807) is 13.4 Å². The molecule has 0 fully saturated rings. The number of methoxy groups -OCH3 is 1. The molecule has 4 rings (SSSR count). The average molecular weight is 300 g/mol. The molecular formula is C20H16N2O. The van der Waals surface area contributed by atoms with E-state index in [4.69, 9.17) is 9.72 Å². The van der Waals surface area contributed by atoms with Crippen molar-refractivity contribution in [2.24, 2.45) is 0 Å². The van der Waals surface area contributed by atoms with E-state index in [1.807, 2.05) is 24.3 Å². The molecule has 3 nitrogen and oxygen atoms in total. The van der Waals surface area contributed by atoms with Crippen LogP contribution in [0.25, 0.3) is 33.7 Å². The molecule has 112 valence electrons. The van der Waals surface area contributed by atoms with Gasteiger partial charge in [0.05, 0.1) is 24.4 Å². The number of nitrogens with zero attached hydrogens (tertiary/aromatic N) is 2. The number of aromatic nitrogens is 2. The molecule has 0 aliphatic carbocycles. The van der Waals surface area contributed by atoms with Crippen LogP contribution < -0.4 is 0 Å². The van der Waals surface area contributed by atoms with E-state index in [1.165, 1.54) is 5.39 Å². The van der Waals surface area contributed by atoms with Crippen molar-refractivity contribution in [3.63, 3.8) is 0 Å². The average Bonchev–Trinajstić information content (AvgIpc) is 3.04. The molecule has 2 aromatic carbocycles. The first-order chi connectivity index (χ1) is 11.4. The molecule has 2 aromatic heterocycles. The quantitative estimate of drug-likeness (QED) is 0.508. The van der Waals surface area contributed by atoms with Crippen LogP contribution in [0.3, 0.4) is 0 Å². The molecule has 0 amide bonds. The predicted molar refractivity (Wildman–Crippen MR) is 94.6 cm³/mol. The van der Waals surface area contributed by atoms with Gasteiger partial charge in [-0.3, -0.25) is 0 Å². The van der Waals surface area contributed by atoms with Crippen molar-refractivity contribution >= 4 is 27.9 Å². The highest BCUT2D eigenvalue weighted by Gasteiger charge is 2.07. The van der Waals surface area contributed by atoms with Gasteiger partial charge >= 0.3 is 0 Å². The highest BCUT2D eigenvalue weighted by Crippen LogP contribution is 2.25. The first-order valence-corrected chi connectivity index (χ1v) is 7.52. The second-order valence-electron chi connectivity index (χ2n) is 5.37. The topological polar surface area (TPSA) is 27.1 Å². The minimum absolute atomic E-state index is 0.923. The molecule has 0 aliphatic heterocycles. The Labute approximate surface area is 134 Å². The zero-order chi connectivity index (χ0) is 15.6. The Morgan fingerprint density at radius 1 is 0.957 bits per heavy atom. The third-order valence-corrected chi connectivity index (χ3v) is 3.98. The summed E-state index contributed by atoms with van der Waals surface area (Å²) in [6, 6.07) is 20.7. The summed E-state index contributed by atoms with van der Waals surface area (Å²) in [6.45, 7) is 0. The van der Waals surface area contributed by atoms with Gasteiger partial charge in [0.1, 0.15) is 5.82 Å². The Hall–Kier alpha value is -3.07. The number of hydrogen-bond acceptors (Lipinski definition) is 2. The van der Waals surface area contributed by atoms with E-state index in [0.29, 0.717) is 0 Å². The number of benzene rings is 2. The second-order valence-corrected chi connectivity index (χ2v) is 5.37. The van der Waals surface area contributed by atoms with Crippen LogP contribution in [0, 0.1) is 0 Å². The maximum absolute atomic E-state index is 5.03. The van der Waals surface area contributed by atoms with Crippen LogP contribution >= 0.6 is 0 Å². The Morgan fingerprint density at radius 3 is 2.78 bits per heavy atom. The Bertz CT molecular complexity index is 1010. The molecule has 0 bridgehead atoms. The number of ether oxygens (including phenoxy) is 1. The summed E-state index contributed by atoms with van der Waals surface area (Å²) in [7, 11) is 1.65. The van der Waals surface area contributed by atoms with Crippen LogP contribution in [0.2, 0.25) is 0 Å². The molecule has 0 spiro atoms. The molecule has 3 heteroatoms. The lowest BCUT2D eigenvalue weighted by Gasteiger charge is -2.07. The smallest absolute Gasteiger partial charge is 0.137 e. The normalized spacial score (nSPS) is 11.5. The van der Waals surface area contributed by atoms with Gasteiger partial charge in [0.15, 0.2) is 0 Å². The lowest BCUT2D eigenvalue weighted by molar-refractivity contribution is 0.341. The van der Waals surface area contributed by atoms with Crippen LogP contribution in [0.4, 0.5) is 0 Å². The summed E-state index contributed by atoms with van der Waals surface area (Å²) < 4.78 is 7.15. The number of pyridine rings is 1. The molecule has 2 heterocycles. The summed E-state index contributed by atoms with van der Waals surface area (Å²) in [5, 5.41) is 2.33. The zero-order valence-electron chi connectivity index (χ0n) is 12.8. The third-order valence-electron chi connectivity index (χ3n) is 3.98. The summed E-state index contributed by atoms with van der Waals surface area (Å²) in [5.74, 6) is 0.923. The van der Waals surface area contributed by atoms with Crippen molar-refractivity contribution in [2.45, 2.75) is 0 Å². The van der Waals surface area contributed by atoms with Gasteiger partial charge in [-0.05, 0) is 42.0 Å². The molecule has 0 atom stereocenters. The predicted octanol–water partition coefficient (Wildman–Crippen LogP) is 4.80. The Kier molecular flexibility index (Phi) is 3.31. The Morgan fingerprint density at radius 2 is 1.87 bits per heavy atom. The van der Waals surface area contributed by atoms with Crippen molar-refractivity contribution in [2.75, 3.05) is 7.11 Å². The number of rotatable bonds is 3. The SMILES string of the molecule is CO/C=C/c1cccc2c1ccn2-c1ccc2ccccc2n1. The highest BCUT2D eigenvalue weighted by molar-refractivity contribution is 5.90. The third kappa shape index (κ3) is 2.36. The van der Waals surface area contributed by atoms with Crippen molar-refractivity contribution < 1.29 is 4.74 Å². The van der Waals surface area contributed by atoms with E-state index in [-0.39, 0.29) is 0 Å². The van der Waals surface area contributed by atoms with Gasteiger partial charge in [-0.25, -0.2) is 4.98 Å². The van der Waals surface area contributed by atoms with Crippen LogP contribution in [-0.4, -0.2) is 16.7 Å². The van der Waals surface area contributed by atoms with Crippen LogP contribution in [-0.2, 0) is 4.74 Å². The minimum atomic E-state index is 0.923. The van der Waals surface area contributed by atoms with E-state index in [0.717, 1.165) is 27.8 Å². The molecule has 0 aliphatic rings. The minimum Gasteiger partial charge on any atom is -0.504 e. The maximum atomic E-state index is 5.03. The van der Waals surface area contributed by atoms with Crippen molar-refractivity contribution in [3.8, 4) is 5.82 Å². The molecular weight excluding hydrogens is 284 g/mol. The molecule has 0 saturated carbocycles. The molecule has 23 heavy (non-hydrogen) atoms. The van der Waals surface area contributed by atoms with Crippen LogP contribution in [0.1, 0.15) is 5.56 Å². The fourth-order valence-electron chi connectivity index (χ4n) is 2.87. The van der Waals surface area contributed by atoms with Crippen LogP contribution in [0.5, 0.6) is 0 Å². The van der Waals surface area contributed by atoms with Crippen molar-refractivity contribution in [3.05, 3.63) is 78.7 Å². The van der Waals surface area contributed by atoms with Gasteiger partial charge in [-0.15, -0.1) is 0 Å². The summed E-state index contributed by atoms with van der Waals surface area (Å²) >= 11 is 0. The molecule has 0 unspecified atom stereocenters.